The molecule has 0 atom stereocenters. The van der Waals surface area contributed by atoms with Gasteiger partial charge in [-0.25, -0.2) is 9.59 Å². The van der Waals surface area contributed by atoms with E-state index in [0.717, 1.165) is 27.2 Å². The van der Waals surface area contributed by atoms with E-state index in [1.165, 1.54) is 20.9 Å². The molecule has 0 saturated heterocycles. The van der Waals surface area contributed by atoms with Crippen molar-refractivity contribution in [3.05, 3.63) is 59.7 Å². The molecule has 3 rings (SSSR count). The lowest BCUT2D eigenvalue weighted by atomic mass is 9.98. The van der Waals surface area contributed by atoms with Crippen molar-refractivity contribution < 1.29 is 24.2 Å². The van der Waals surface area contributed by atoms with Gasteiger partial charge in [0.25, 0.3) is 5.91 Å². The lowest BCUT2D eigenvalue weighted by Crippen LogP contribution is -2.50. The summed E-state index contributed by atoms with van der Waals surface area (Å²) in [5.41, 5.74) is 3.14. The van der Waals surface area contributed by atoms with E-state index in [2.05, 4.69) is 29.3 Å². The lowest BCUT2D eigenvalue weighted by Gasteiger charge is -2.29. The number of rotatable bonds is 5. The first-order chi connectivity index (χ1) is 14.7. The highest BCUT2D eigenvalue weighted by molar-refractivity contribution is 5.97. The van der Waals surface area contributed by atoms with E-state index in [1.807, 2.05) is 36.4 Å². The predicted octanol–water partition coefficient (Wildman–Crippen LogP) is 2.85. The van der Waals surface area contributed by atoms with Gasteiger partial charge in [-0.05, 0) is 42.0 Å². The average Bonchev–Trinajstić information content (AvgIpc) is 3.08. The fourth-order valence-electron chi connectivity index (χ4n) is 3.37. The van der Waals surface area contributed by atoms with Crippen LogP contribution in [0.4, 0.5) is 4.79 Å². The third-order valence-corrected chi connectivity index (χ3v) is 5.53. The zero-order valence-electron chi connectivity index (χ0n) is 17.6. The Bertz CT molecular complexity index is 1040. The number of likely N-dealkylation sites (N-methyl/N-ethyl adjacent to an activating group) is 1. The highest BCUT2D eigenvalue weighted by Gasteiger charge is 2.34. The SMILES string of the molecule is CN(C(=O)C#CCNC(=O)OCC1c2ccccc2-c2ccccc21)C(C)(C)C(=O)O. The Morgan fingerprint density at radius 1 is 1.06 bits per heavy atom. The fourth-order valence-corrected chi connectivity index (χ4v) is 3.37. The second-order valence-corrected chi connectivity index (χ2v) is 7.71. The van der Waals surface area contributed by atoms with Crippen LogP contribution in [0, 0.1) is 11.8 Å². The Morgan fingerprint density at radius 3 is 2.16 bits per heavy atom. The van der Waals surface area contributed by atoms with Crippen LogP contribution >= 0.6 is 0 Å². The van der Waals surface area contributed by atoms with Crippen LogP contribution in [0.1, 0.15) is 30.9 Å². The minimum absolute atomic E-state index is 0.0438. The van der Waals surface area contributed by atoms with E-state index in [9.17, 15) is 14.4 Å². The Balaban J connectivity index is 1.54. The third kappa shape index (κ3) is 4.53. The van der Waals surface area contributed by atoms with E-state index >= 15 is 0 Å². The maximum absolute atomic E-state index is 12.1. The van der Waals surface area contributed by atoms with Crippen LogP contribution in [-0.2, 0) is 14.3 Å². The van der Waals surface area contributed by atoms with Crippen molar-refractivity contribution in [1.82, 2.24) is 10.2 Å². The zero-order valence-corrected chi connectivity index (χ0v) is 17.6. The number of alkyl carbamates (subject to hydrolysis) is 1. The number of hydrogen-bond acceptors (Lipinski definition) is 4. The molecular weight excluding hydrogens is 396 g/mol. The van der Waals surface area contributed by atoms with Crippen molar-refractivity contribution in [1.29, 1.82) is 0 Å². The summed E-state index contributed by atoms with van der Waals surface area (Å²) >= 11 is 0. The smallest absolute Gasteiger partial charge is 0.407 e. The largest absolute Gasteiger partial charge is 0.480 e. The van der Waals surface area contributed by atoms with E-state index < -0.39 is 23.5 Å². The van der Waals surface area contributed by atoms with Gasteiger partial charge in [0.1, 0.15) is 12.1 Å². The maximum atomic E-state index is 12.1. The van der Waals surface area contributed by atoms with E-state index in [1.54, 1.807) is 0 Å². The molecule has 0 unspecified atom stereocenters. The molecule has 0 saturated carbocycles. The number of aliphatic carboxylic acids is 1. The van der Waals surface area contributed by atoms with Crippen molar-refractivity contribution in [3.8, 4) is 23.0 Å². The van der Waals surface area contributed by atoms with Crippen LogP contribution in [0.3, 0.4) is 0 Å². The molecule has 2 N–H and O–H groups in total. The van der Waals surface area contributed by atoms with Gasteiger partial charge in [0, 0.05) is 13.0 Å². The lowest BCUT2D eigenvalue weighted by molar-refractivity contribution is -0.153. The molecule has 0 aliphatic heterocycles. The second kappa shape index (κ2) is 8.92. The number of nitrogens with one attached hydrogen (secondary N) is 1. The number of carbonyl (C=O) groups is 3. The molecule has 7 nitrogen and oxygen atoms in total. The summed E-state index contributed by atoms with van der Waals surface area (Å²) in [5, 5.41) is 11.6. The minimum Gasteiger partial charge on any atom is -0.480 e. The number of carbonyl (C=O) groups excluding carboxylic acids is 2. The standard InChI is InChI=1S/C24H24N2O5/c1-24(2,22(28)29)26(3)21(27)13-8-14-25-23(30)31-15-20-18-11-6-4-9-16(18)17-10-5-7-12-19(17)20/h4-7,9-12,20H,14-15H2,1-3H3,(H,25,30)(H,28,29). The quantitative estimate of drug-likeness (QED) is 0.725. The van der Waals surface area contributed by atoms with Crippen molar-refractivity contribution in [3.63, 3.8) is 0 Å². The van der Waals surface area contributed by atoms with Crippen LogP contribution < -0.4 is 5.32 Å². The number of ether oxygens (including phenoxy) is 1. The highest BCUT2D eigenvalue weighted by atomic mass is 16.5. The Morgan fingerprint density at radius 2 is 1.61 bits per heavy atom. The van der Waals surface area contributed by atoms with Gasteiger partial charge in [0.05, 0.1) is 6.54 Å². The molecule has 2 aromatic rings. The first-order valence-electron chi connectivity index (χ1n) is 9.82. The minimum atomic E-state index is -1.38. The topological polar surface area (TPSA) is 95.9 Å². The molecule has 0 bridgehead atoms. The van der Waals surface area contributed by atoms with Crippen LogP contribution in [0.2, 0.25) is 0 Å². The summed E-state index contributed by atoms with van der Waals surface area (Å²) in [4.78, 5) is 36.3. The predicted molar refractivity (Wildman–Crippen MR) is 115 cm³/mol. The van der Waals surface area contributed by atoms with Gasteiger partial charge >= 0.3 is 12.1 Å². The van der Waals surface area contributed by atoms with Gasteiger partial charge in [-0.3, -0.25) is 4.79 Å². The summed E-state index contributed by atoms with van der Waals surface area (Å²) in [7, 11) is 1.37. The van der Waals surface area contributed by atoms with E-state index in [0.29, 0.717) is 0 Å². The summed E-state index contributed by atoms with van der Waals surface area (Å²) < 4.78 is 5.39. The van der Waals surface area contributed by atoms with E-state index in [4.69, 9.17) is 9.84 Å². The van der Waals surface area contributed by atoms with E-state index in [-0.39, 0.29) is 19.1 Å². The summed E-state index contributed by atoms with van der Waals surface area (Å²) in [6.07, 6.45) is -0.636. The molecule has 0 spiro atoms. The molecule has 0 heterocycles. The Hall–Kier alpha value is -3.79. The number of fused-ring (bicyclic) bond motifs is 3. The monoisotopic (exact) mass is 420 g/mol. The van der Waals surface area contributed by atoms with Crippen LogP contribution in [0.25, 0.3) is 11.1 Å². The molecule has 1 aliphatic rings. The van der Waals surface area contributed by atoms with Crippen molar-refractivity contribution in [2.75, 3.05) is 20.2 Å². The summed E-state index contributed by atoms with van der Waals surface area (Å²) in [6, 6.07) is 16.1. The summed E-state index contributed by atoms with van der Waals surface area (Å²) in [5.74, 6) is 3.01. The van der Waals surface area contributed by atoms with Gasteiger partial charge in [0.15, 0.2) is 0 Å². The molecular formula is C24H24N2O5. The number of nitrogens with zero attached hydrogens (tertiary/aromatic N) is 1. The molecule has 0 radical (unpaired) electrons. The Kier molecular flexibility index (Phi) is 6.30. The van der Waals surface area contributed by atoms with Crippen LogP contribution in [0.15, 0.2) is 48.5 Å². The normalized spacial score (nSPS) is 12.1. The van der Waals surface area contributed by atoms with Gasteiger partial charge < -0.3 is 20.1 Å². The maximum Gasteiger partial charge on any atom is 0.407 e. The van der Waals surface area contributed by atoms with Gasteiger partial charge in [-0.15, -0.1) is 0 Å². The number of hydrogen-bond donors (Lipinski definition) is 2. The van der Waals surface area contributed by atoms with Crippen molar-refractivity contribution >= 4 is 18.0 Å². The second-order valence-electron chi connectivity index (χ2n) is 7.71. The average molecular weight is 420 g/mol. The van der Waals surface area contributed by atoms with Crippen LogP contribution in [-0.4, -0.2) is 53.7 Å². The van der Waals surface area contributed by atoms with Crippen molar-refractivity contribution in [2.45, 2.75) is 25.3 Å². The zero-order chi connectivity index (χ0) is 22.6. The number of benzene rings is 2. The van der Waals surface area contributed by atoms with Gasteiger partial charge in [-0.2, -0.15) is 0 Å². The first-order valence-corrected chi connectivity index (χ1v) is 9.82. The van der Waals surface area contributed by atoms with Gasteiger partial charge in [-0.1, -0.05) is 54.5 Å². The molecule has 2 amide bonds. The van der Waals surface area contributed by atoms with Crippen molar-refractivity contribution in [2.24, 2.45) is 0 Å². The molecule has 0 aromatic heterocycles. The number of carboxylic acids is 1. The first kappa shape index (κ1) is 21.9. The molecule has 2 aromatic carbocycles. The number of amides is 2. The van der Waals surface area contributed by atoms with Gasteiger partial charge in [0.2, 0.25) is 0 Å². The molecule has 160 valence electrons. The molecule has 31 heavy (non-hydrogen) atoms. The number of carboxylic acid groups (broad SMARTS) is 1. The molecule has 1 aliphatic carbocycles. The highest BCUT2D eigenvalue weighted by Crippen LogP contribution is 2.44. The Labute approximate surface area is 181 Å². The molecule has 0 fully saturated rings. The third-order valence-electron chi connectivity index (χ3n) is 5.53. The van der Waals surface area contributed by atoms with Crippen LogP contribution in [0.5, 0.6) is 0 Å². The summed E-state index contributed by atoms with van der Waals surface area (Å²) in [6.45, 7) is 2.90. The fraction of sp³-hybridized carbons (Fsp3) is 0.292. The molecule has 7 heteroatoms.